The first-order valence-electron chi connectivity index (χ1n) is 11.4. The summed E-state index contributed by atoms with van der Waals surface area (Å²) in [5.74, 6) is -0.175. The number of amides is 2. The van der Waals surface area contributed by atoms with E-state index < -0.39 is 23.7 Å². The Morgan fingerprint density at radius 3 is 2.45 bits per heavy atom. The van der Waals surface area contributed by atoms with Crippen molar-refractivity contribution in [1.29, 1.82) is 0 Å². The van der Waals surface area contributed by atoms with E-state index in [1.807, 2.05) is 39.8 Å². The molecule has 1 saturated heterocycles. The zero-order valence-corrected chi connectivity index (χ0v) is 20.8. The molecule has 1 fully saturated rings. The highest BCUT2D eigenvalue weighted by Crippen LogP contribution is 2.32. The SMILES string of the molecule is CCC1=NC(C(N)=O)C(Nc2ccc(C3CCN(C(=O)OC(C)(C)C)CC3)c(C)c2)N=C1Cl. The molecule has 33 heavy (non-hydrogen) atoms. The van der Waals surface area contributed by atoms with Crippen molar-refractivity contribution in [1.82, 2.24) is 4.90 Å². The van der Waals surface area contributed by atoms with Gasteiger partial charge in [-0.3, -0.25) is 9.79 Å². The molecule has 180 valence electrons. The number of hydrogen-bond acceptors (Lipinski definition) is 6. The minimum absolute atomic E-state index is 0.248. The van der Waals surface area contributed by atoms with Gasteiger partial charge in [0.15, 0.2) is 12.2 Å². The summed E-state index contributed by atoms with van der Waals surface area (Å²) in [5.41, 5.74) is 8.87. The quantitative estimate of drug-likeness (QED) is 0.664. The van der Waals surface area contributed by atoms with Crippen LogP contribution in [0.15, 0.2) is 28.2 Å². The second-order valence-electron chi connectivity index (χ2n) is 9.60. The second-order valence-corrected chi connectivity index (χ2v) is 9.96. The van der Waals surface area contributed by atoms with Crippen molar-refractivity contribution in [2.24, 2.45) is 15.7 Å². The maximum Gasteiger partial charge on any atom is 0.410 e. The van der Waals surface area contributed by atoms with Gasteiger partial charge in [0.1, 0.15) is 10.8 Å². The molecule has 2 amide bonds. The Morgan fingerprint density at radius 2 is 1.91 bits per heavy atom. The molecule has 8 nitrogen and oxygen atoms in total. The van der Waals surface area contributed by atoms with E-state index in [9.17, 15) is 9.59 Å². The molecule has 3 N–H and O–H groups in total. The minimum Gasteiger partial charge on any atom is -0.444 e. The molecule has 3 rings (SSSR count). The Labute approximate surface area is 200 Å². The molecular weight excluding hydrogens is 442 g/mol. The Hall–Kier alpha value is -2.61. The van der Waals surface area contributed by atoms with Gasteiger partial charge in [-0.25, -0.2) is 9.79 Å². The molecule has 0 aromatic heterocycles. The summed E-state index contributed by atoms with van der Waals surface area (Å²) in [6, 6.07) is 5.30. The first kappa shape index (κ1) is 25.0. The summed E-state index contributed by atoms with van der Waals surface area (Å²) < 4.78 is 5.49. The van der Waals surface area contributed by atoms with Crippen molar-refractivity contribution in [2.45, 2.75) is 77.6 Å². The number of nitrogens with zero attached hydrogens (tertiary/aromatic N) is 3. The van der Waals surface area contributed by atoms with Gasteiger partial charge in [0, 0.05) is 18.8 Å². The zero-order chi connectivity index (χ0) is 24.3. The molecular formula is C24H34ClN5O3. The van der Waals surface area contributed by atoms with Gasteiger partial charge < -0.3 is 20.7 Å². The molecule has 0 spiro atoms. The van der Waals surface area contributed by atoms with Crippen LogP contribution in [0.25, 0.3) is 0 Å². The summed E-state index contributed by atoms with van der Waals surface area (Å²) in [6.07, 6.45) is 1.45. The van der Waals surface area contributed by atoms with E-state index in [4.69, 9.17) is 22.1 Å². The lowest BCUT2D eigenvalue weighted by Gasteiger charge is -2.34. The molecule has 1 aromatic carbocycles. The number of piperidine rings is 1. The number of ether oxygens (including phenoxy) is 1. The molecule has 1 aromatic rings. The summed E-state index contributed by atoms with van der Waals surface area (Å²) in [6.45, 7) is 11.0. The summed E-state index contributed by atoms with van der Waals surface area (Å²) >= 11 is 6.23. The molecule has 0 saturated carbocycles. The van der Waals surface area contributed by atoms with Crippen LogP contribution >= 0.6 is 11.6 Å². The van der Waals surface area contributed by atoms with Gasteiger partial charge in [0.05, 0.1) is 5.71 Å². The van der Waals surface area contributed by atoms with Crippen LogP contribution in [0.1, 0.15) is 64.0 Å². The monoisotopic (exact) mass is 475 g/mol. The Bertz CT molecular complexity index is 961. The lowest BCUT2D eigenvalue weighted by atomic mass is 9.86. The van der Waals surface area contributed by atoms with Crippen molar-refractivity contribution in [3.05, 3.63) is 29.3 Å². The van der Waals surface area contributed by atoms with E-state index in [-0.39, 0.29) is 6.09 Å². The van der Waals surface area contributed by atoms with Crippen LogP contribution < -0.4 is 11.1 Å². The maximum atomic E-state index is 12.3. The second kappa shape index (κ2) is 10.1. The van der Waals surface area contributed by atoms with Gasteiger partial charge >= 0.3 is 6.09 Å². The van der Waals surface area contributed by atoms with Crippen LogP contribution in [0.4, 0.5) is 10.5 Å². The van der Waals surface area contributed by atoms with Crippen LogP contribution in [0.3, 0.4) is 0 Å². The number of benzene rings is 1. The van der Waals surface area contributed by atoms with Gasteiger partial charge in [-0.05, 0) is 76.1 Å². The van der Waals surface area contributed by atoms with Gasteiger partial charge in [-0.2, -0.15) is 0 Å². The third-order valence-electron chi connectivity index (χ3n) is 5.88. The Balaban J connectivity index is 1.66. The molecule has 2 unspecified atom stereocenters. The molecule has 2 atom stereocenters. The van der Waals surface area contributed by atoms with Gasteiger partial charge in [-0.15, -0.1) is 0 Å². The van der Waals surface area contributed by atoms with E-state index in [2.05, 4.69) is 28.3 Å². The zero-order valence-electron chi connectivity index (χ0n) is 20.0. The summed E-state index contributed by atoms with van der Waals surface area (Å²) in [7, 11) is 0. The first-order chi connectivity index (χ1) is 15.5. The third-order valence-corrected chi connectivity index (χ3v) is 6.20. The standard InChI is InChI=1S/C24H34ClN5O3/c1-6-18-20(25)29-22(19(28-18)21(26)31)27-16-7-8-17(14(2)13-16)15-9-11-30(12-10-15)23(32)33-24(3,4)5/h7-8,13,15,19,22,27H,6,9-12H2,1-5H3,(H2,26,31). The Morgan fingerprint density at radius 1 is 1.24 bits per heavy atom. The average molecular weight is 476 g/mol. The van der Waals surface area contributed by atoms with Crippen molar-refractivity contribution < 1.29 is 14.3 Å². The molecule has 2 aliphatic rings. The number of carbonyl (C=O) groups excluding carboxylic acids is 2. The molecule has 0 aliphatic carbocycles. The Kier molecular flexibility index (Phi) is 7.67. The van der Waals surface area contributed by atoms with Crippen molar-refractivity contribution in [3.8, 4) is 0 Å². The number of nitrogens with two attached hydrogens (primary N) is 1. The van der Waals surface area contributed by atoms with Gasteiger partial charge in [-0.1, -0.05) is 24.6 Å². The number of aryl methyl sites for hydroxylation is 1. The molecule has 0 bridgehead atoms. The van der Waals surface area contributed by atoms with E-state index in [0.29, 0.717) is 36.3 Å². The van der Waals surface area contributed by atoms with Crippen molar-refractivity contribution in [3.63, 3.8) is 0 Å². The fourth-order valence-corrected chi connectivity index (χ4v) is 4.51. The number of rotatable bonds is 5. The number of anilines is 1. The maximum absolute atomic E-state index is 12.3. The summed E-state index contributed by atoms with van der Waals surface area (Å²) in [4.78, 5) is 34.8. The van der Waals surface area contributed by atoms with Crippen molar-refractivity contribution in [2.75, 3.05) is 18.4 Å². The highest BCUT2D eigenvalue weighted by molar-refractivity contribution is 6.84. The van der Waals surface area contributed by atoms with Crippen LogP contribution in [-0.4, -0.2) is 58.7 Å². The highest BCUT2D eigenvalue weighted by Gasteiger charge is 2.31. The normalized spacial score (nSPS) is 21.8. The predicted octanol–water partition coefficient (Wildman–Crippen LogP) is 4.20. The van der Waals surface area contributed by atoms with E-state index in [0.717, 1.165) is 24.1 Å². The minimum atomic E-state index is -0.806. The smallest absolute Gasteiger partial charge is 0.410 e. The number of likely N-dealkylation sites (tertiary alicyclic amines) is 1. The van der Waals surface area contributed by atoms with Crippen LogP contribution in [0.5, 0.6) is 0 Å². The molecule has 2 aliphatic heterocycles. The van der Waals surface area contributed by atoms with Gasteiger partial charge in [0.2, 0.25) is 5.91 Å². The number of aliphatic imine (C=N–C) groups is 2. The lowest BCUT2D eigenvalue weighted by Crippen LogP contribution is -2.44. The topological polar surface area (TPSA) is 109 Å². The third kappa shape index (κ3) is 6.25. The number of hydrogen-bond donors (Lipinski definition) is 2. The first-order valence-corrected chi connectivity index (χ1v) is 11.8. The van der Waals surface area contributed by atoms with Crippen LogP contribution in [0.2, 0.25) is 0 Å². The number of nitrogens with one attached hydrogen (secondary N) is 1. The van der Waals surface area contributed by atoms with Gasteiger partial charge in [0.25, 0.3) is 0 Å². The van der Waals surface area contributed by atoms with E-state index in [1.165, 1.54) is 5.56 Å². The number of carbonyl (C=O) groups is 2. The van der Waals surface area contributed by atoms with Crippen molar-refractivity contribution >= 4 is 40.2 Å². The average Bonchev–Trinajstić information content (AvgIpc) is 2.73. The van der Waals surface area contributed by atoms with Crippen LogP contribution in [-0.2, 0) is 9.53 Å². The largest absolute Gasteiger partial charge is 0.444 e. The lowest BCUT2D eigenvalue weighted by molar-refractivity contribution is -0.119. The van der Waals surface area contributed by atoms with E-state index in [1.54, 1.807) is 4.90 Å². The summed E-state index contributed by atoms with van der Waals surface area (Å²) in [5, 5.41) is 3.56. The number of halogens is 1. The fourth-order valence-electron chi connectivity index (χ4n) is 4.22. The molecule has 9 heteroatoms. The van der Waals surface area contributed by atoms with E-state index >= 15 is 0 Å². The molecule has 2 heterocycles. The fraction of sp³-hybridized carbons (Fsp3) is 0.583. The molecule has 0 radical (unpaired) electrons. The van der Waals surface area contributed by atoms with Crippen LogP contribution in [0, 0.1) is 6.92 Å². The number of primary amides is 1. The predicted molar refractivity (Wildman–Crippen MR) is 132 cm³/mol. The highest BCUT2D eigenvalue weighted by atomic mass is 35.5.